The largest absolute Gasteiger partial charge is 0.466 e. The average Bonchev–Trinajstić information content (AvgIpc) is 3.13. The minimum atomic E-state index is -0.164. The summed E-state index contributed by atoms with van der Waals surface area (Å²) in [6, 6.07) is 0. The van der Waals surface area contributed by atoms with Crippen LogP contribution in [0.2, 0.25) is 0 Å². The highest BCUT2D eigenvalue weighted by Crippen LogP contribution is 2.41. The Morgan fingerprint density at radius 3 is 2.12 bits per heavy atom. The van der Waals surface area contributed by atoms with Crippen LogP contribution in [0.25, 0.3) is 0 Å². The number of hydrogen-bond acceptors (Lipinski definition) is 6. The van der Waals surface area contributed by atoms with Gasteiger partial charge in [-0.15, -0.1) is 0 Å². The van der Waals surface area contributed by atoms with Crippen LogP contribution in [0.5, 0.6) is 0 Å². The number of carbonyl (C=O) groups excluding carboxylic acids is 2. The summed E-state index contributed by atoms with van der Waals surface area (Å²) in [4.78, 5) is 24.3. The minimum Gasteiger partial charge on any atom is -0.466 e. The van der Waals surface area contributed by atoms with E-state index < -0.39 is 0 Å². The van der Waals surface area contributed by atoms with E-state index in [1.54, 1.807) is 21.6 Å². The van der Waals surface area contributed by atoms with E-state index in [9.17, 15) is 9.59 Å². The first-order valence-corrected chi connectivity index (χ1v) is 11.9. The molecule has 0 aliphatic carbocycles. The SMILES string of the molecule is O=C1CCCC(C2C=CSS2)C(=O)OCCCCCCCCCCO1. The highest BCUT2D eigenvalue weighted by Gasteiger charge is 2.30. The van der Waals surface area contributed by atoms with Gasteiger partial charge >= 0.3 is 11.9 Å². The molecule has 4 nitrogen and oxygen atoms in total. The summed E-state index contributed by atoms with van der Waals surface area (Å²) in [5.41, 5.74) is 0. The van der Waals surface area contributed by atoms with Crippen molar-refractivity contribution in [2.24, 2.45) is 5.92 Å². The van der Waals surface area contributed by atoms with Crippen LogP contribution >= 0.6 is 21.6 Å². The number of carbonyl (C=O) groups is 2. The molecule has 0 aromatic rings. The van der Waals surface area contributed by atoms with Crippen molar-refractivity contribution in [3.8, 4) is 0 Å². The van der Waals surface area contributed by atoms with Crippen molar-refractivity contribution in [2.75, 3.05) is 13.2 Å². The van der Waals surface area contributed by atoms with Gasteiger partial charge in [0.2, 0.25) is 0 Å². The molecule has 1 fully saturated rings. The molecule has 0 amide bonds. The van der Waals surface area contributed by atoms with Crippen LogP contribution in [0, 0.1) is 5.92 Å². The van der Waals surface area contributed by atoms with Gasteiger partial charge in [0.25, 0.3) is 0 Å². The normalized spacial score (nSPS) is 28.6. The van der Waals surface area contributed by atoms with Gasteiger partial charge in [0.1, 0.15) is 0 Å². The van der Waals surface area contributed by atoms with Gasteiger partial charge in [-0.25, -0.2) is 0 Å². The molecule has 1 saturated heterocycles. The standard InChI is InChI=1S/C19H30O4S2/c20-18-11-9-10-16(17-12-15-24-25-17)19(21)23-14-8-6-4-2-1-3-5-7-13-22-18/h12,15-17H,1-11,13-14H2. The van der Waals surface area contributed by atoms with E-state index in [-0.39, 0.29) is 23.1 Å². The smallest absolute Gasteiger partial charge is 0.310 e. The second-order valence-corrected chi connectivity index (χ2v) is 9.06. The fraction of sp³-hybridized carbons (Fsp3) is 0.789. The van der Waals surface area contributed by atoms with Crippen molar-refractivity contribution in [3.63, 3.8) is 0 Å². The van der Waals surface area contributed by atoms with Crippen molar-refractivity contribution >= 4 is 33.5 Å². The molecule has 2 atom stereocenters. The van der Waals surface area contributed by atoms with Gasteiger partial charge in [-0.05, 0) is 31.1 Å². The van der Waals surface area contributed by atoms with Gasteiger partial charge in [-0.2, -0.15) is 0 Å². The molecule has 0 N–H and O–H groups in total. The monoisotopic (exact) mass is 386 g/mol. The van der Waals surface area contributed by atoms with Crippen LogP contribution in [-0.2, 0) is 19.1 Å². The fourth-order valence-electron chi connectivity index (χ4n) is 3.12. The van der Waals surface area contributed by atoms with E-state index in [1.165, 1.54) is 25.7 Å². The maximum atomic E-state index is 12.5. The third-order valence-electron chi connectivity index (χ3n) is 4.63. The summed E-state index contributed by atoms with van der Waals surface area (Å²) in [5.74, 6) is -0.417. The fourth-order valence-corrected chi connectivity index (χ4v) is 5.54. The van der Waals surface area contributed by atoms with E-state index in [4.69, 9.17) is 9.47 Å². The number of ether oxygens (including phenoxy) is 2. The Hall–Kier alpha value is -0.620. The van der Waals surface area contributed by atoms with Gasteiger partial charge in [-0.3, -0.25) is 9.59 Å². The Morgan fingerprint density at radius 1 is 0.840 bits per heavy atom. The zero-order chi connectivity index (χ0) is 17.7. The van der Waals surface area contributed by atoms with Crippen molar-refractivity contribution < 1.29 is 19.1 Å². The molecule has 0 saturated carbocycles. The molecule has 0 bridgehead atoms. The van der Waals surface area contributed by atoms with Crippen LogP contribution < -0.4 is 0 Å². The minimum absolute atomic E-state index is 0.112. The lowest BCUT2D eigenvalue weighted by Crippen LogP contribution is -2.26. The summed E-state index contributed by atoms with van der Waals surface area (Å²) >= 11 is 0. The first kappa shape index (κ1) is 20.7. The van der Waals surface area contributed by atoms with E-state index in [2.05, 4.69) is 6.08 Å². The number of hydrogen-bond donors (Lipinski definition) is 0. The lowest BCUT2D eigenvalue weighted by molar-refractivity contribution is -0.149. The van der Waals surface area contributed by atoms with Crippen molar-refractivity contribution in [1.82, 2.24) is 0 Å². The molecule has 2 heterocycles. The predicted octanol–water partition coefficient (Wildman–Crippen LogP) is 5.27. The van der Waals surface area contributed by atoms with Crippen LogP contribution in [0.3, 0.4) is 0 Å². The Morgan fingerprint density at radius 2 is 1.48 bits per heavy atom. The Kier molecular flexibility index (Phi) is 10.5. The molecule has 2 unspecified atom stereocenters. The molecule has 2 aliphatic heterocycles. The molecule has 2 rings (SSSR count). The Balaban J connectivity index is 1.84. The predicted molar refractivity (Wildman–Crippen MR) is 104 cm³/mol. The van der Waals surface area contributed by atoms with E-state index in [1.807, 2.05) is 5.41 Å². The molecule has 2 aliphatic rings. The zero-order valence-corrected chi connectivity index (χ0v) is 16.6. The number of cyclic esters (lactones) is 2. The molecule has 0 aromatic heterocycles. The van der Waals surface area contributed by atoms with E-state index >= 15 is 0 Å². The summed E-state index contributed by atoms with van der Waals surface area (Å²) in [7, 11) is 3.36. The molecule has 142 valence electrons. The molecule has 25 heavy (non-hydrogen) atoms. The molecular weight excluding hydrogens is 356 g/mol. The topological polar surface area (TPSA) is 52.6 Å². The second kappa shape index (κ2) is 12.7. The van der Waals surface area contributed by atoms with Crippen molar-refractivity contribution in [1.29, 1.82) is 0 Å². The lowest BCUT2D eigenvalue weighted by Gasteiger charge is -2.20. The van der Waals surface area contributed by atoms with Gasteiger partial charge in [0, 0.05) is 11.7 Å². The second-order valence-electron chi connectivity index (χ2n) is 6.70. The van der Waals surface area contributed by atoms with Gasteiger partial charge < -0.3 is 9.47 Å². The first-order chi connectivity index (χ1) is 12.3. The molecule has 0 radical (unpaired) electrons. The Bertz CT molecular complexity index is 439. The van der Waals surface area contributed by atoms with E-state index in [0.29, 0.717) is 32.5 Å². The van der Waals surface area contributed by atoms with Crippen LogP contribution in [0.4, 0.5) is 0 Å². The average molecular weight is 387 g/mol. The van der Waals surface area contributed by atoms with Gasteiger partial charge in [0.15, 0.2) is 0 Å². The molecular formula is C19H30O4S2. The highest BCUT2D eigenvalue weighted by atomic mass is 33.1. The Labute approximate surface area is 159 Å². The quantitative estimate of drug-likeness (QED) is 0.452. The molecule has 6 heteroatoms. The summed E-state index contributed by atoms with van der Waals surface area (Å²) < 4.78 is 10.8. The van der Waals surface area contributed by atoms with E-state index in [0.717, 1.165) is 25.7 Å². The molecule has 0 aromatic carbocycles. The van der Waals surface area contributed by atoms with Crippen LogP contribution in [0.15, 0.2) is 11.5 Å². The maximum Gasteiger partial charge on any atom is 0.310 e. The molecule has 0 spiro atoms. The summed E-state index contributed by atoms with van der Waals surface area (Å²) in [5, 5.41) is 2.18. The van der Waals surface area contributed by atoms with Gasteiger partial charge in [-0.1, -0.05) is 66.2 Å². The van der Waals surface area contributed by atoms with Crippen molar-refractivity contribution in [3.05, 3.63) is 11.5 Å². The lowest BCUT2D eigenvalue weighted by atomic mass is 9.98. The number of esters is 2. The first-order valence-electron chi connectivity index (χ1n) is 9.58. The highest BCUT2D eigenvalue weighted by molar-refractivity contribution is 8.78. The zero-order valence-electron chi connectivity index (χ0n) is 15.0. The third-order valence-corrected chi connectivity index (χ3v) is 7.05. The third kappa shape index (κ3) is 8.54. The van der Waals surface area contributed by atoms with Crippen molar-refractivity contribution in [2.45, 2.75) is 75.9 Å². The van der Waals surface area contributed by atoms with Crippen LogP contribution in [-0.4, -0.2) is 30.4 Å². The van der Waals surface area contributed by atoms with Gasteiger partial charge in [0.05, 0.1) is 19.1 Å². The summed E-state index contributed by atoms with van der Waals surface area (Å²) in [6.45, 7) is 1.05. The maximum absolute atomic E-state index is 12.5. The number of rotatable bonds is 1. The summed E-state index contributed by atoms with van der Waals surface area (Å²) in [6.07, 6.45) is 12.9. The van der Waals surface area contributed by atoms with Crippen LogP contribution in [0.1, 0.15) is 70.6 Å².